The molecule has 0 atom stereocenters. The largest absolute Gasteiger partial charge is 0.496 e. The Balaban J connectivity index is 1.41. The SMILES string of the molecule is C=C(C)c1ccc(-c2nnc(-c3ccc(-c4nnc(-c5ccc(C(=C)C)cc5)o4)c(OC)c3)o2)cc1. The van der Waals surface area contributed by atoms with Gasteiger partial charge in [0.05, 0.1) is 12.7 Å². The normalized spacial score (nSPS) is 10.9. The third-order valence-corrected chi connectivity index (χ3v) is 5.78. The van der Waals surface area contributed by atoms with E-state index in [9.17, 15) is 0 Å². The average Bonchev–Trinajstić information content (AvgIpc) is 3.59. The van der Waals surface area contributed by atoms with Crippen LogP contribution in [0.1, 0.15) is 25.0 Å². The molecule has 0 radical (unpaired) electrons. The Labute approximate surface area is 208 Å². The van der Waals surface area contributed by atoms with E-state index < -0.39 is 0 Å². The Morgan fingerprint density at radius 2 is 1.03 bits per heavy atom. The van der Waals surface area contributed by atoms with Crippen LogP contribution in [-0.4, -0.2) is 27.5 Å². The molecule has 0 saturated heterocycles. The maximum absolute atomic E-state index is 5.95. The summed E-state index contributed by atoms with van der Waals surface area (Å²) in [7, 11) is 1.58. The Hall–Kier alpha value is -4.78. The summed E-state index contributed by atoms with van der Waals surface area (Å²) in [6, 6.07) is 21.1. The van der Waals surface area contributed by atoms with E-state index in [1.807, 2.05) is 80.6 Å². The topological polar surface area (TPSA) is 87.1 Å². The van der Waals surface area contributed by atoms with Crippen LogP contribution in [0.3, 0.4) is 0 Å². The van der Waals surface area contributed by atoms with E-state index in [1.165, 1.54) is 0 Å². The summed E-state index contributed by atoms with van der Waals surface area (Å²) >= 11 is 0. The first-order valence-corrected chi connectivity index (χ1v) is 11.3. The van der Waals surface area contributed by atoms with Gasteiger partial charge in [0.2, 0.25) is 17.7 Å². The van der Waals surface area contributed by atoms with Crippen molar-refractivity contribution in [3.8, 4) is 51.6 Å². The van der Waals surface area contributed by atoms with Crippen LogP contribution < -0.4 is 4.74 Å². The zero-order chi connectivity index (χ0) is 25.2. The highest BCUT2D eigenvalue weighted by Gasteiger charge is 2.18. The van der Waals surface area contributed by atoms with E-state index in [1.54, 1.807) is 7.11 Å². The van der Waals surface area contributed by atoms with Gasteiger partial charge >= 0.3 is 0 Å². The number of allylic oxidation sites excluding steroid dienone is 2. The second-order valence-electron chi connectivity index (χ2n) is 8.46. The van der Waals surface area contributed by atoms with Gasteiger partial charge in [0.1, 0.15) is 5.75 Å². The van der Waals surface area contributed by atoms with Crippen LogP contribution in [0.5, 0.6) is 5.75 Å². The predicted octanol–water partition coefficient (Wildman–Crippen LogP) is 7.20. The number of hydrogen-bond acceptors (Lipinski definition) is 7. The van der Waals surface area contributed by atoms with Gasteiger partial charge in [-0.1, -0.05) is 48.6 Å². The van der Waals surface area contributed by atoms with Gasteiger partial charge in [-0.3, -0.25) is 0 Å². The lowest BCUT2D eigenvalue weighted by molar-refractivity contribution is 0.414. The van der Waals surface area contributed by atoms with Gasteiger partial charge in [0.25, 0.3) is 5.89 Å². The second kappa shape index (κ2) is 9.46. The lowest BCUT2D eigenvalue weighted by Gasteiger charge is -2.06. The smallest absolute Gasteiger partial charge is 0.251 e. The fraction of sp³-hybridized carbons (Fsp3) is 0.103. The molecule has 0 aliphatic rings. The Morgan fingerprint density at radius 1 is 0.611 bits per heavy atom. The first kappa shape index (κ1) is 23.0. The summed E-state index contributed by atoms with van der Waals surface area (Å²) in [5, 5.41) is 16.8. The van der Waals surface area contributed by atoms with Crippen LogP contribution in [0.4, 0.5) is 0 Å². The molecule has 0 amide bonds. The van der Waals surface area contributed by atoms with Crippen LogP contribution in [0.2, 0.25) is 0 Å². The number of methoxy groups -OCH3 is 1. The monoisotopic (exact) mass is 476 g/mol. The van der Waals surface area contributed by atoms with Crippen molar-refractivity contribution >= 4 is 11.1 Å². The first-order chi connectivity index (χ1) is 17.4. The highest BCUT2D eigenvalue weighted by atomic mass is 16.5. The molecule has 36 heavy (non-hydrogen) atoms. The van der Waals surface area contributed by atoms with E-state index in [0.717, 1.165) is 33.4 Å². The third-order valence-electron chi connectivity index (χ3n) is 5.78. The highest BCUT2D eigenvalue weighted by molar-refractivity contribution is 5.71. The van der Waals surface area contributed by atoms with Crippen molar-refractivity contribution in [1.29, 1.82) is 0 Å². The van der Waals surface area contributed by atoms with Crippen molar-refractivity contribution in [2.75, 3.05) is 7.11 Å². The molecule has 2 heterocycles. The molecule has 0 unspecified atom stereocenters. The number of hydrogen-bond donors (Lipinski definition) is 0. The van der Waals surface area contributed by atoms with E-state index >= 15 is 0 Å². The first-order valence-electron chi connectivity index (χ1n) is 11.3. The third kappa shape index (κ3) is 4.46. The lowest BCUT2D eigenvalue weighted by Crippen LogP contribution is -1.90. The van der Waals surface area contributed by atoms with E-state index in [2.05, 4.69) is 33.6 Å². The van der Waals surface area contributed by atoms with Gasteiger partial charge in [0, 0.05) is 16.7 Å². The number of nitrogens with zero attached hydrogens (tertiary/aromatic N) is 4. The molecule has 2 aromatic heterocycles. The quantitative estimate of drug-likeness (QED) is 0.245. The molecule has 178 valence electrons. The van der Waals surface area contributed by atoms with Crippen LogP contribution in [0.15, 0.2) is 88.7 Å². The molecule has 7 heteroatoms. The molecular weight excluding hydrogens is 452 g/mol. The molecule has 5 rings (SSSR count). The van der Waals surface area contributed by atoms with E-state index in [0.29, 0.717) is 40.4 Å². The summed E-state index contributed by atoms with van der Waals surface area (Å²) < 4.78 is 17.5. The van der Waals surface area contributed by atoms with Crippen LogP contribution in [0, 0.1) is 0 Å². The Kier molecular flexibility index (Phi) is 6.04. The zero-order valence-electron chi connectivity index (χ0n) is 20.3. The van der Waals surface area contributed by atoms with Crippen LogP contribution in [0.25, 0.3) is 57.0 Å². The van der Waals surface area contributed by atoms with E-state index in [-0.39, 0.29) is 0 Å². The maximum atomic E-state index is 5.95. The number of benzene rings is 3. The van der Waals surface area contributed by atoms with Crippen molar-refractivity contribution in [2.45, 2.75) is 13.8 Å². The lowest BCUT2D eigenvalue weighted by atomic mass is 10.1. The highest BCUT2D eigenvalue weighted by Crippen LogP contribution is 2.35. The number of rotatable bonds is 7. The van der Waals surface area contributed by atoms with Gasteiger partial charge in [-0.2, -0.15) is 0 Å². The molecule has 3 aromatic carbocycles. The average molecular weight is 477 g/mol. The summed E-state index contributed by atoms with van der Waals surface area (Å²) in [4.78, 5) is 0. The van der Waals surface area contributed by atoms with Gasteiger partial charge in [0.15, 0.2) is 0 Å². The molecule has 5 aromatic rings. The van der Waals surface area contributed by atoms with Gasteiger partial charge in [-0.25, -0.2) is 0 Å². The van der Waals surface area contributed by atoms with Crippen molar-refractivity contribution in [1.82, 2.24) is 20.4 Å². The molecule has 0 aliphatic heterocycles. The van der Waals surface area contributed by atoms with Crippen molar-refractivity contribution < 1.29 is 13.6 Å². The Morgan fingerprint density at radius 3 is 1.50 bits per heavy atom. The molecular formula is C29H24N4O3. The second-order valence-corrected chi connectivity index (χ2v) is 8.46. The molecule has 0 N–H and O–H groups in total. The Bertz CT molecular complexity index is 1560. The van der Waals surface area contributed by atoms with Crippen molar-refractivity contribution in [2.24, 2.45) is 0 Å². The standard InChI is InChI=1S/C29H24N4O3/c1-17(2)19-6-10-21(11-7-19)26-30-32-28(35-26)23-14-15-24(25(16-23)34-5)29-33-31-27(36-29)22-12-8-20(9-13-22)18(3)4/h6-16H,1,3H2,2,4-5H3. The fourth-order valence-electron chi connectivity index (χ4n) is 3.70. The predicted molar refractivity (Wildman–Crippen MR) is 140 cm³/mol. The zero-order valence-corrected chi connectivity index (χ0v) is 20.3. The molecule has 0 saturated carbocycles. The van der Waals surface area contributed by atoms with Gasteiger partial charge < -0.3 is 13.6 Å². The minimum absolute atomic E-state index is 0.348. The van der Waals surface area contributed by atoms with E-state index in [4.69, 9.17) is 13.6 Å². The molecule has 0 bridgehead atoms. The molecule has 0 fully saturated rings. The minimum Gasteiger partial charge on any atom is -0.496 e. The summed E-state index contributed by atoms with van der Waals surface area (Å²) in [6.07, 6.45) is 0. The molecule has 7 nitrogen and oxygen atoms in total. The van der Waals surface area contributed by atoms with Crippen LogP contribution >= 0.6 is 0 Å². The fourth-order valence-corrected chi connectivity index (χ4v) is 3.70. The maximum Gasteiger partial charge on any atom is 0.251 e. The van der Waals surface area contributed by atoms with Crippen LogP contribution in [-0.2, 0) is 0 Å². The molecule has 0 spiro atoms. The van der Waals surface area contributed by atoms with Gasteiger partial charge in [-0.05, 0) is 67.4 Å². The summed E-state index contributed by atoms with van der Waals surface area (Å²) in [5.41, 5.74) is 7.13. The van der Waals surface area contributed by atoms with Crippen molar-refractivity contribution in [3.63, 3.8) is 0 Å². The molecule has 0 aliphatic carbocycles. The number of aromatic nitrogens is 4. The summed E-state index contributed by atoms with van der Waals surface area (Å²) in [5.74, 6) is 2.12. The number of ether oxygens (including phenoxy) is 1. The van der Waals surface area contributed by atoms with Gasteiger partial charge in [-0.15, -0.1) is 20.4 Å². The minimum atomic E-state index is 0.348. The summed E-state index contributed by atoms with van der Waals surface area (Å²) in [6.45, 7) is 11.9. The van der Waals surface area contributed by atoms with Crippen molar-refractivity contribution in [3.05, 3.63) is 91.0 Å².